The van der Waals surface area contributed by atoms with Crippen molar-refractivity contribution in [3.63, 3.8) is 0 Å². The van der Waals surface area contributed by atoms with Crippen LogP contribution in [-0.2, 0) is 16.0 Å². The molecule has 2 aromatic rings. The first-order valence-corrected chi connectivity index (χ1v) is 7.72. The number of carbonyl (C=O) groups is 1. The molecule has 0 aliphatic heterocycles. The van der Waals surface area contributed by atoms with E-state index in [-0.39, 0.29) is 18.6 Å². The molecule has 122 valence electrons. The predicted octanol–water partition coefficient (Wildman–Crippen LogP) is 2.02. The van der Waals surface area contributed by atoms with Crippen LogP contribution in [0.3, 0.4) is 0 Å². The standard InChI is InChI=1S/C17H21N3O3/c1-22-11-17(21)19-15-4-3-5-16-14(15)10-18-20(16)12-6-8-13(23-2)9-7-12/h6-10,15H,3-5,11H2,1-2H3,(H,19,21). The van der Waals surface area contributed by atoms with Gasteiger partial charge in [-0.2, -0.15) is 5.10 Å². The van der Waals surface area contributed by atoms with Crippen LogP contribution in [0, 0.1) is 0 Å². The molecule has 1 N–H and O–H groups in total. The summed E-state index contributed by atoms with van der Waals surface area (Å²) >= 11 is 0. The Morgan fingerprint density at radius 3 is 2.83 bits per heavy atom. The second kappa shape index (κ2) is 6.83. The van der Waals surface area contributed by atoms with Crippen molar-refractivity contribution in [3.05, 3.63) is 41.7 Å². The number of carbonyl (C=O) groups excluding carboxylic acids is 1. The van der Waals surface area contributed by atoms with Gasteiger partial charge in [-0.25, -0.2) is 4.68 Å². The fourth-order valence-corrected chi connectivity index (χ4v) is 3.02. The Hall–Kier alpha value is -2.34. The molecule has 1 amide bonds. The van der Waals surface area contributed by atoms with Crippen molar-refractivity contribution in [1.29, 1.82) is 0 Å². The van der Waals surface area contributed by atoms with Gasteiger partial charge in [-0.05, 0) is 43.5 Å². The average molecular weight is 315 g/mol. The van der Waals surface area contributed by atoms with E-state index in [1.807, 2.05) is 35.1 Å². The molecule has 0 bridgehead atoms. The van der Waals surface area contributed by atoms with E-state index in [0.29, 0.717) is 0 Å². The molecule has 0 radical (unpaired) electrons. The summed E-state index contributed by atoms with van der Waals surface area (Å²) in [5.41, 5.74) is 3.25. The van der Waals surface area contributed by atoms with Crippen molar-refractivity contribution in [1.82, 2.24) is 15.1 Å². The first kappa shape index (κ1) is 15.6. The van der Waals surface area contributed by atoms with Crippen molar-refractivity contribution < 1.29 is 14.3 Å². The highest BCUT2D eigenvalue weighted by Crippen LogP contribution is 2.31. The monoisotopic (exact) mass is 315 g/mol. The number of methoxy groups -OCH3 is 2. The van der Waals surface area contributed by atoms with Crippen LogP contribution < -0.4 is 10.1 Å². The summed E-state index contributed by atoms with van der Waals surface area (Å²) in [5, 5.41) is 7.54. The SMILES string of the molecule is COCC(=O)NC1CCCc2c1cnn2-c1ccc(OC)cc1. The Labute approximate surface area is 135 Å². The lowest BCUT2D eigenvalue weighted by Gasteiger charge is -2.24. The van der Waals surface area contributed by atoms with Gasteiger partial charge in [-0.1, -0.05) is 0 Å². The number of rotatable bonds is 5. The topological polar surface area (TPSA) is 65.4 Å². The smallest absolute Gasteiger partial charge is 0.246 e. The second-order valence-corrected chi connectivity index (χ2v) is 5.60. The molecule has 1 atom stereocenters. The third-order valence-corrected chi connectivity index (χ3v) is 4.11. The molecule has 1 aliphatic carbocycles. The lowest BCUT2D eigenvalue weighted by atomic mass is 9.93. The molecule has 0 saturated heterocycles. The van der Waals surface area contributed by atoms with Gasteiger partial charge in [0.2, 0.25) is 5.91 Å². The Morgan fingerprint density at radius 1 is 1.35 bits per heavy atom. The number of benzene rings is 1. The molecule has 0 saturated carbocycles. The van der Waals surface area contributed by atoms with Gasteiger partial charge in [0.1, 0.15) is 12.4 Å². The summed E-state index contributed by atoms with van der Waals surface area (Å²) in [4.78, 5) is 11.8. The fourth-order valence-electron chi connectivity index (χ4n) is 3.02. The van der Waals surface area contributed by atoms with E-state index in [9.17, 15) is 4.79 Å². The quantitative estimate of drug-likeness (QED) is 0.917. The Bertz CT molecular complexity index is 679. The highest BCUT2D eigenvalue weighted by Gasteiger charge is 2.25. The predicted molar refractivity (Wildman–Crippen MR) is 85.8 cm³/mol. The van der Waals surface area contributed by atoms with Gasteiger partial charge in [0.25, 0.3) is 0 Å². The number of fused-ring (bicyclic) bond motifs is 1. The van der Waals surface area contributed by atoms with Crippen molar-refractivity contribution in [3.8, 4) is 11.4 Å². The summed E-state index contributed by atoms with van der Waals surface area (Å²) in [7, 11) is 3.17. The maximum Gasteiger partial charge on any atom is 0.246 e. The summed E-state index contributed by atoms with van der Waals surface area (Å²) in [6, 6.07) is 7.82. The molecule has 6 heteroatoms. The van der Waals surface area contributed by atoms with Crippen LogP contribution in [0.25, 0.3) is 5.69 Å². The van der Waals surface area contributed by atoms with Crippen LogP contribution in [0.15, 0.2) is 30.5 Å². The highest BCUT2D eigenvalue weighted by atomic mass is 16.5. The minimum atomic E-state index is -0.0949. The normalized spacial score (nSPS) is 16.7. The molecule has 1 aromatic heterocycles. The molecule has 0 spiro atoms. The largest absolute Gasteiger partial charge is 0.497 e. The zero-order valence-corrected chi connectivity index (χ0v) is 13.4. The summed E-state index contributed by atoms with van der Waals surface area (Å²) in [6.45, 7) is 0.0818. The molecule has 0 fully saturated rings. The third-order valence-electron chi connectivity index (χ3n) is 4.11. The fraction of sp³-hybridized carbons (Fsp3) is 0.412. The molecule has 3 rings (SSSR count). The lowest BCUT2D eigenvalue weighted by molar-refractivity contribution is -0.125. The number of amides is 1. The van der Waals surface area contributed by atoms with E-state index in [1.165, 1.54) is 7.11 Å². The van der Waals surface area contributed by atoms with Crippen LogP contribution in [-0.4, -0.2) is 36.5 Å². The molecule has 23 heavy (non-hydrogen) atoms. The number of nitrogens with zero attached hydrogens (tertiary/aromatic N) is 2. The number of aromatic nitrogens is 2. The van der Waals surface area contributed by atoms with Gasteiger partial charge in [0.05, 0.1) is 25.0 Å². The van der Waals surface area contributed by atoms with Crippen LogP contribution in [0.1, 0.15) is 30.1 Å². The third kappa shape index (κ3) is 3.22. The Morgan fingerprint density at radius 2 is 2.13 bits per heavy atom. The highest BCUT2D eigenvalue weighted by molar-refractivity contribution is 5.77. The van der Waals surface area contributed by atoms with E-state index in [4.69, 9.17) is 9.47 Å². The van der Waals surface area contributed by atoms with Crippen molar-refractivity contribution in [2.24, 2.45) is 0 Å². The van der Waals surface area contributed by atoms with E-state index in [1.54, 1.807) is 7.11 Å². The first-order chi connectivity index (χ1) is 11.2. The van der Waals surface area contributed by atoms with E-state index in [2.05, 4.69) is 10.4 Å². The van der Waals surface area contributed by atoms with Crippen LogP contribution >= 0.6 is 0 Å². The van der Waals surface area contributed by atoms with Crippen LogP contribution in [0.5, 0.6) is 5.75 Å². The number of hydrogen-bond acceptors (Lipinski definition) is 4. The summed E-state index contributed by atoms with van der Waals surface area (Å²) in [6.07, 6.45) is 4.76. The van der Waals surface area contributed by atoms with E-state index < -0.39 is 0 Å². The van der Waals surface area contributed by atoms with Gasteiger partial charge < -0.3 is 14.8 Å². The zero-order valence-electron chi connectivity index (χ0n) is 13.4. The molecule has 6 nitrogen and oxygen atoms in total. The first-order valence-electron chi connectivity index (χ1n) is 7.72. The van der Waals surface area contributed by atoms with E-state index >= 15 is 0 Å². The maximum absolute atomic E-state index is 11.8. The van der Waals surface area contributed by atoms with Gasteiger partial charge >= 0.3 is 0 Å². The molecule has 1 aliphatic rings. The van der Waals surface area contributed by atoms with Gasteiger partial charge in [-0.3, -0.25) is 4.79 Å². The second-order valence-electron chi connectivity index (χ2n) is 5.60. The molecular formula is C17H21N3O3. The minimum Gasteiger partial charge on any atom is -0.497 e. The van der Waals surface area contributed by atoms with Gasteiger partial charge in [0, 0.05) is 18.4 Å². The van der Waals surface area contributed by atoms with Crippen molar-refractivity contribution >= 4 is 5.91 Å². The summed E-state index contributed by atoms with van der Waals surface area (Å²) in [5.74, 6) is 0.724. The van der Waals surface area contributed by atoms with Crippen LogP contribution in [0.4, 0.5) is 0 Å². The molecule has 1 heterocycles. The summed E-state index contributed by atoms with van der Waals surface area (Å²) < 4.78 is 12.0. The average Bonchev–Trinajstić information content (AvgIpc) is 3.00. The number of hydrogen-bond donors (Lipinski definition) is 1. The zero-order chi connectivity index (χ0) is 16.2. The van der Waals surface area contributed by atoms with Gasteiger partial charge in [0.15, 0.2) is 0 Å². The van der Waals surface area contributed by atoms with Gasteiger partial charge in [-0.15, -0.1) is 0 Å². The van der Waals surface area contributed by atoms with E-state index in [0.717, 1.165) is 42.0 Å². The number of ether oxygens (including phenoxy) is 2. The number of nitrogens with one attached hydrogen (secondary N) is 1. The van der Waals surface area contributed by atoms with Crippen molar-refractivity contribution in [2.45, 2.75) is 25.3 Å². The minimum absolute atomic E-state index is 0.00778. The molecular weight excluding hydrogens is 294 g/mol. The maximum atomic E-state index is 11.8. The molecule has 1 unspecified atom stereocenters. The Balaban J connectivity index is 1.85. The van der Waals surface area contributed by atoms with Crippen LogP contribution in [0.2, 0.25) is 0 Å². The van der Waals surface area contributed by atoms with Crippen molar-refractivity contribution in [2.75, 3.05) is 20.8 Å². The Kier molecular flexibility index (Phi) is 4.62. The lowest BCUT2D eigenvalue weighted by Crippen LogP contribution is -2.33. The molecule has 1 aromatic carbocycles.